The van der Waals surface area contributed by atoms with Gasteiger partial charge in [-0.1, -0.05) is 0 Å². The average molecular weight is 334 g/mol. The van der Waals surface area contributed by atoms with Crippen molar-refractivity contribution >= 4 is 22.6 Å². The van der Waals surface area contributed by atoms with Crippen LogP contribution in [0.3, 0.4) is 0 Å². The first-order chi connectivity index (χ1) is 7.56. The van der Waals surface area contributed by atoms with E-state index >= 15 is 0 Å². The number of halogens is 3. The minimum absolute atomic E-state index is 0.142. The number of hydrogen-bond donors (Lipinski definition) is 1. The summed E-state index contributed by atoms with van der Waals surface area (Å²) in [7, 11) is 0. The topological polar surface area (TPSA) is 45.8 Å². The maximum atomic E-state index is 12.9. The second kappa shape index (κ2) is 4.28. The molecule has 6 heteroatoms. The van der Waals surface area contributed by atoms with Crippen molar-refractivity contribution in [2.45, 2.75) is 0 Å². The van der Waals surface area contributed by atoms with Gasteiger partial charge in [0.2, 0.25) is 0 Å². The summed E-state index contributed by atoms with van der Waals surface area (Å²) in [6.45, 7) is 0. The quantitative estimate of drug-likeness (QED) is 0.814. The molecule has 0 aliphatic carbocycles. The molecule has 0 bridgehead atoms. The third kappa shape index (κ3) is 2.26. The lowest BCUT2D eigenvalue weighted by Gasteiger charge is -2.01. The van der Waals surface area contributed by atoms with Crippen LogP contribution in [0.4, 0.5) is 8.78 Å². The first-order valence-corrected chi connectivity index (χ1v) is 5.35. The number of H-pyrrole nitrogens is 1. The first kappa shape index (κ1) is 11.2. The zero-order chi connectivity index (χ0) is 11.7. The van der Waals surface area contributed by atoms with Crippen LogP contribution in [-0.4, -0.2) is 9.97 Å². The highest BCUT2D eigenvalue weighted by Gasteiger charge is 2.06. The van der Waals surface area contributed by atoms with Crippen LogP contribution in [0.15, 0.2) is 29.2 Å². The van der Waals surface area contributed by atoms with Crippen LogP contribution in [0.25, 0.3) is 11.4 Å². The zero-order valence-electron chi connectivity index (χ0n) is 7.80. The van der Waals surface area contributed by atoms with Gasteiger partial charge in [0.05, 0.1) is 3.57 Å². The van der Waals surface area contributed by atoms with Gasteiger partial charge in [0.1, 0.15) is 17.5 Å². The number of aromatic amines is 1. The lowest BCUT2D eigenvalue weighted by molar-refractivity contribution is 0.584. The molecular weight excluding hydrogens is 329 g/mol. The Morgan fingerprint density at radius 2 is 1.81 bits per heavy atom. The lowest BCUT2D eigenvalue weighted by Crippen LogP contribution is -2.11. The number of rotatable bonds is 1. The van der Waals surface area contributed by atoms with Gasteiger partial charge in [-0.3, -0.25) is 4.79 Å². The molecule has 1 N–H and O–H groups in total. The Morgan fingerprint density at radius 1 is 1.19 bits per heavy atom. The highest BCUT2D eigenvalue weighted by Crippen LogP contribution is 2.16. The minimum atomic E-state index is -0.712. The largest absolute Gasteiger partial charge is 0.306 e. The number of hydrogen-bond acceptors (Lipinski definition) is 2. The van der Waals surface area contributed by atoms with Gasteiger partial charge in [0, 0.05) is 17.8 Å². The van der Waals surface area contributed by atoms with E-state index in [4.69, 9.17) is 0 Å². The molecule has 16 heavy (non-hydrogen) atoms. The van der Waals surface area contributed by atoms with E-state index in [1.807, 2.05) is 22.6 Å². The monoisotopic (exact) mass is 334 g/mol. The Labute approximate surface area is 103 Å². The van der Waals surface area contributed by atoms with E-state index in [2.05, 4.69) is 9.97 Å². The molecule has 0 aliphatic rings. The second-order valence-corrected chi connectivity index (χ2v) is 4.23. The summed E-state index contributed by atoms with van der Waals surface area (Å²) in [4.78, 5) is 17.6. The van der Waals surface area contributed by atoms with Crippen LogP contribution < -0.4 is 5.56 Å². The summed E-state index contributed by atoms with van der Waals surface area (Å²) in [6.07, 6.45) is 1.34. The van der Waals surface area contributed by atoms with Gasteiger partial charge in [0.15, 0.2) is 0 Å². The summed E-state index contributed by atoms with van der Waals surface area (Å²) < 4.78 is 26.3. The van der Waals surface area contributed by atoms with Crippen LogP contribution in [-0.2, 0) is 0 Å². The summed E-state index contributed by atoms with van der Waals surface area (Å²) in [5, 5.41) is 0. The van der Waals surface area contributed by atoms with Crippen LogP contribution in [0, 0.1) is 15.2 Å². The minimum Gasteiger partial charge on any atom is -0.306 e. The Bertz CT molecular complexity index is 577. The summed E-state index contributed by atoms with van der Waals surface area (Å²) in [5.74, 6) is -1.28. The summed E-state index contributed by atoms with van der Waals surface area (Å²) in [5.41, 5.74) is -0.138. The Morgan fingerprint density at radius 3 is 2.38 bits per heavy atom. The SMILES string of the molecule is O=c1[nH]c(-c2cc(F)cc(F)c2)ncc1I. The van der Waals surface area contributed by atoms with Crippen molar-refractivity contribution < 1.29 is 8.78 Å². The molecule has 3 nitrogen and oxygen atoms in total. The van der Waals surface area contributed by atoms with E-state index in [1.54, 1.807) is 0 Å². The Balaban J connectivity index is 2.58. The smallest absolute Gasteiger partial charge is 0.264 e. The summed E-state index contributed by atoms with van der Waals surface area (Å²) >= 11 is 1.82. The van der Waals surface area contributed by atoms with Crippen LogP contribution >= 0.6 is 22.6 Å². The van der Waals surface area contributed by atoms with Gasteiger partial charge in [-0.15, -0.1) is 0 Å². The molecule has 1 aromatic heterocycles. The number of aromatic nitrogens is 2. The second-order valence-electron chi connectivity index (χ2n) is 3.07. The molecular formula is C10H5F2IN2O. The molecule has 0 amide bonds. The molecule has 2 aromatic rings. The van der Waals surface area contributed by atoms with Gasteiger partial charge < -0.3 is 4.98 Å². The maximum absolute atomic E-state index is 12.9. The molecule has 0 fully saturated rings. The number of benzene rings is 1. The molecule has 82 valence electrons. The fraction of sp³-hybridized carbons (Fsp3) is 0. The number of nitrogens with zero attached hydrogens (tertiary/aromatic N) is 1. The molecule has 2 rings (SSSR count). The maximum Gasteiger partial charge on any atom is 0.264 e. The van der Waals surface area contributed by atoms with E-state index in [0.717, 1.165) is 18.2 Å². The fourth-order valence-corrected chi connectivity index (χ4v) is 1.49. The molecule has 1 aromatic carbocycles. The van der Waals surface area contributed by atoms with Crippen LogP contribution in [0.1, 0.15) is 0 Å². The van der Waals surface area contributed by atoms with Gasteiger partial charge in [-0.05, 0) is 34.7 Å². The van der Waals surface area contributed by atoms with E-state index in [-0.39, 0.29) is 16.9 Å². The molecule has 0 atom stereocenters. The van der Waals surface area contributed by atoms with E-state index in [0.29, 0.717) is 3.57 Å². The van der Waals surface area contributed by atoms with Gasteiger partial charge in [-0.25, -0.2) is 13.8 Å². The van der Waals surface area contributed by atoms with Crippen molar-refractivity contribution in [3.8, 4) is 11.4 Å². The van der Waals surface area contributed by atoms with Gasteiger partial charge in [0.25, 0.3) is 5.56 Å². The molecule has 0 aliphatic heterocycles. The van der Waals surface area contributed by atoms with Crippen molar-refractivity contribution in [2.24, 2.45) is 0 Å². The molecule has 0 spiro atoms. The molecule has 1 heterocycles. The normalized spacial score (nSPS) is 10.4. The van der Waals surface area contributed by atoms with Crippen molar-refractivity contribution in [1.29, 1.82) is 0 Å². The highest BCUT2D eigenvalue weighted by atomic mass is 127. The first-order valence-electron chi connectivity index (χ1n) is 4.27. The fourth-order valence-electron chi connectivity index (χ4n) is 1.22. The van der Waals surface area contributed by atoms with Crippen LogP contribution in [0.5, 0.6) is 0 Å². The molecule has 0 saturated heterocycles. The molecule has 0 unspecified atom stereocenters. The predicted octanol–water partition coefficient (Wildman–Crippen LogP) is 2.32. The third-order valence-electron chi connectivity index (χ3n) is 1.89. The number of nitrogens with one attached hydrogen (secondary N) is 1. The molecule has 0 radical (unpaired) electrons. The molecule has 0 saturated carbocycles. The van der Waals surface area contributed by atoms with Crippen molar-refractivity contribution in [2.75, 3.05) is 0 Å². The van der Waals surface area contributed by atoms with Gasteiger partial charge in [-0.2, -0.15) is 0 Å². The zero-order valence-corrected chi connectivity index (χ0v) is 9.96. The third-order valence-corrected chi connectivity index (χ3v) is 2.66. The Hall–Kier alpha value is -1.31. The van der Waals surface area contributed by atoms with Crippen molar-refractivity contribution in [3.63, 3.8) is 0 Å². The summed E-state index contributed by atoms with van der Waals surface area (Å²) in [6, 6.07) is 2.97. The van der Waals surface area contributed by atoms with Crippen LogP contribution in [0.2, 0.25) is 0 Å². The highest BCUT2D eigenvalue weighted by molar-refractivity contribution is 14.1. The van der Waals surface area contributed by atoms with Crippen molar-refractivity contribution in [3.05, 3.63) is 50.0 Å². The van der Waals surface area contributed by atoms with E-state index in [1.165, 1.54) is 6.20 Å². The van der Waals surface area contributed by atoms with Crippen molar-refractivity contribution in [1.82, 2.24) is 9.97 Å². The average Bonchev–Trinajstić information content (AvgIpc) is 2.20. The standard InChI is InChI=1S/C10H5F2IN2O/c11-6-1-5(2-7(12)3-6)9-14-4-8(13)10(16)15-9/h1-4H,(H,14,15,16). The van der Waals surface area contributed by atoms with Gasteiger partial charge >= 0.3 is 0 Å². The lowest BCUT2D eigenvalue weighted by atomic mass is 10.2. The predicted molar refractivity (Wildman–Crippen MR) is 62.9 cm³/mol. The van der Waals surface area contributed by atoms with E-state index < -0.39 is 11.6 Å². The van der Waals surface area contributed by atoms with E-state index in [9.17, 15) is 13.6 Å². The Kier molecular flexibility index (Phi) is 2.99.